The minimum atomic E-state index is -4.34. The average molecular weight is 630 g/mol. The Morgan fingerprint density at radius 2 is 1.55 bits per heavy atom. The monoisotopic (exact) mass is 628 g/mol. The second kappa shape index (κ2) is 12.5. The van der Waals surface area contributed by atoms with Crippen LogP contribution in [0.5, 0.6) is 0 Å². The van der Waals surface area contributed by atoms with E-state index in [4.69, 9.17) is 27.6 Å². The van der Waals surface area contributed by atoms with Crippen LogP contribution >= 0.6 is 23.2 Å². The van der Waals surface area contributed by atoms with Gasteiger partial charge in [0.2, 0.25) is 5.58 Å². The number of allylic oxidation sites excluding steroid dienone is 2. The van der Waals surface area contributed by atoms with E-state index in [1.807, 2.05) is 45.6 Å². The summed E-state index contributed by atoms with van der Waals surface area (Å²) < 4.78 is 74.4. The molecule has 0 fully saturated rings. The van der Waals surface area contributed by atoms with Crippen molar-refractivity contribution in [3.05, 3.63) is 70.3 Å². The van der Waals surface area contributed by atoms with E-state index in [9.17, 15) is 25.9 Å². The lowest BCUT2D eigenvalue weighted by Crippen LogP contribution is -2.36. The van der Waals surface area contributed by atoms with Gasteiger partial charge in [-0.05, 0) is 50.1 Å². The predicted octanol–water partition coefficient (Wildman–Crippen LogP) is 4.49. The first kappa shape index (κ1) is 30.4. The van der Waals surface area contributed by atoms with E-state index >= 15 is 0 Å². The molecule has 2 aromatic carbocycles. The zero-order valence-corrected chi connectivity index (χ0v) is 24.8. The zero-order chi connectivity index (χ0) is 29.1. The molecule has 0 N–H and O–H groups in total. The summed E-state index contributed by atoms with van der Waals surface area (Å²) in [5.74, 6) is 0.338. The first-order chi connectivity index (χ1) is 18.9. The molecule has 0 radical (unpaired) electrons. The Morgan fingerprint density at radius 1 is 0.925 bits per heavy atom. The van der Waals surface area contributed by atoms with E-state index in [1.165, 1.54) is 0 Å². The molecule has 40 heavy (non-hydrogen) atoms. The van der Waals surface area contributed by atoms with E-state index in [0.29, 0.717) is 41.0 Å². The van der Waals surface area contributed by atoms with Gasteiger partial charge in [-0.3, -0.25) is 0 Å². The van der Waals surface area contributed by atoms with Gasteiger partial charge >= 0.3 is 5.89 Å². The molecule has 0 amide bonds. The lowest BCUT2D eigenvalue weighted by Gasteiger charge is -2.24. The number of oxazole rings is 1. The second-order valence-corrected chi connectivity index (χ2v) is 13.0. The van der Waals surface area contributed by atoms with E-state index in [0.717, 1.165) is 22.7 Å². The van der Waals surface area contributed by atoms with Crippen molar-refractivity contribution in [2.45, 2.75) is 32.7 Å². The number of halogens is 2. The number of benzene rings is 2. The van der Waals surface area contributed by atoms with Gasteiger partial charge in [-0.15, -0.1) is 0 Å². The van der Waals surface area contributed by atoms with Crippen LogP contribution in [0.4, 0.5) is 11.4 Å². The van der Waals surface area contributed by atoms with Gasteiger partial charge in [0.05, 0.1) is 47.7 Å². The fraction of sp³-hybridized carbons (Fsp3) is 0.346. The lowest BCUT2D eigenvalue weighted by atomic mass is 10.2. The summed E-state index contributed by atoms with van der Waals surface area (Å²) >= 11 is 12.6. The summed E-state index contributed by atoms with van der Waals surface area (Å²) in [5, 5.41) is 0.778. The number of aromatic nitrogens is 1. The number of hydrogen-bond donors (Lipinski definition) is 0. The third-order valence-electron chi connectivity index (χ3n) is 6.39. The summed E-state index contributed by atoms with van der Waals surface area (Å²) in [7, 11) is -8.64. The molecule has 0 spiro atoms. The molecule has 0 aliphatic carbocycles. The SMILES string of the molecule is CCN1/C(=C\C=C\c2oc3ccccc3[n+]2CCCS(=O)(=O)[O-])N(CCCCS(=O)(=O)[O-])c2cc(Cl)c(Cl)cc21. The average Bonchev–Trinajstić information content (AvgIpc) is 3.35. The standard InChI is InChI=1S/C26H29Cl2N3O7S2/c1-2-29-22-17-19(27)20(28)18-23(22)30(13-5-6-15-39(32,33)34)25(29)11-7-12-26-31(14-8-16-40(35,36)37)21-9-3-4-10-24(21)38-26/h3-4,7,9-12,17-18H,2,5-6,8,13-16H2,1H3,(H-,32,33,34,35,36,37)/p-1. The van der Waals surface area contributed by atoms with Gasteiger partial charge in [0, 0.05) is 37.1 Å². The van der Waals surface area contributed by atoms with Gasteiger partial charge in [0.1, 0.15) is 5.82 Å². The van der Waals surface area contributed by atoms with Gasteiger partial charge in [0.15, 0.2) is 6.54 Å². The summed E-state index contributed by atoms with van der Waals surface area (Å²) in [5.41, 5.74) is 3.02. The van der Waals surface area contributed by atoms with Gasteiger partial charge in [-0.1, -0.05) is 35.3 Å². The number of aryl methyl sites for hydroxylation is 1. The highest BCUT2D eigenvalue weighted by atomic mass is 35.5. The number of nitrogens with zero attached hydrogens (tertiary/aromatic N) is 3. The lowest BCUT2D eigenvalue weighted by molar-refractivity contribution is -0.677. The normalized spacial score (nSPS) is 15.2. The molecule has 3 aromatic rings. The highest BCUT2D eigenvalue weighted by molar-refractivity contribution is 7.85. The first-order valence-electron chi connectivity index (χ1n) is 12.6. The van der Waals surface area contributed by atoms with E-state index < -0.39 is 31.7 Å². The summed E-state index contributed by atoms with van der Waals surface area (Å²) in [6.45, 7) is 3.29. The van der Waals surface area contributed by atoms with Crippen molar-refractivity contribution >= 4 is 72.0 Å². The van der Waals surface area contributed by atoms with Crippen LogP contribution in [0.3, 0.4) is 0 Å². The molecular formula is C26H28Cl2N3O7S2-. The molecule has 10 nitrogen and oxygen atoms in total. The predicted molar refractivity (Wildman–Crippen MR) is 153 cm³/mol. The van der Waals surface area contributed by atoms with Crippen LogP contribution in [0.1, 0.15) is 32.1 Å². The van der Waals surface area contributed by atoms with E-state index in [-0.39, 0.29) is 19.4 Å². The summed E-state index contributed by atoms with van der Waals surface area (Å²) in [6.07, 6.45) is 6.21. The Bertz CT molecular complexity index is 1670. The summed E-state index contributed by atoms with van der Waals surface area (Å²) in [4.78, 5) is 4.03. The Balaban J connectivity index is 1.66. The van der Waals surface area contributed by atoms with Crippen molar-refractivity contribution in [1.82, 2.24) is 0 Å². The van der Waals surface area contributed by atoms with Crippen LogP contribution in [0.25, 0.3) is 17.2 Å². The highest BCUT2D eigenvalue weighted by Crippen LogP contribution is 2.45. The Hall–Kier alpha value is -2.61. The van der Waals surface area contributed by atoms with Crippen molar-refractivity contribution in [2.24, 2.45) is 0 Å². The molecule has 216 valence electrons. The number of hydrogen-bond acceptors (Lipinski definition) is 9. The van der Waals surface area contributed by atoms with Crippen molar-refractivity contribution in [2.75, 3.05) is 34.4 Å². The highest BCUT2D eigenvalue weighted by Gasteiger charge is 2.31. The molecule has 0 unspecified atom stereocenters. The second-order valence-electron chi connectivity index (χ2n) is 9.18. The quantitative estimate of drug-likeness (QED) is 0.161. The first-order valence-corrected chi connectivity index (χ1v) is 16.5. The third-order valence-corrected chi connectivity index (χ3v) is 8.69. The van der Waals surface area contributed by atoms with Gasteiger partial charge < -0.3 is 23.3 Å². The molecule has 1 aromatic heterocycles. The van der Waals surface area contributed by atoms with E-state index in [2.05, 4.69) is 0 Å². The molecule has 14 heteroatoms. The fourth-order valence-corrected chi connectivity index (χ4v) is 6.03. The molecule has 2 heterocycles. The maximum absolute atomic E-state index is 11.1. The molecule has 0 atom stereocenters. The van der Waals surface area contributed by atoms with Crippen molar-refractivity contribution < 1.29 is 34.9 Å². The Labute approximate surface area is 243 Å². The van der Waals surface area contributed by atoms with Crippen molar-refractivity contribution in [3.8, 4) is 0 Å². The van der Waals surface area contributed by atoms with Crippen LogP contribution in [0.15, 0.2) is 58.8 Å². The third kappa shape index (κ3) is 7.36. The van der Waals surface area contributed by atoms with Gasteiger partial charge in [-0.2, -0.15) is 4.57 Å². The number of unbranched alkanes of at least 4 members (excludes halogenated alkanes) is 1. The summed E-state index contributed by atoms with van der Waals surface area (Å²) in [6, 6.07) is 10.9. The van der Waals surface area contributed by atoms with Gasteiger partial charge in [-0.25, -0.2) is 16.8 Å². The zero-order valence-electron chi connectivity index (χ0n) is 21.6. The maximum atomic E-state index is 11.1. The Morgan fingerprint density at radius 3 is 2.20 bits per heavy atom. The number of rotatable bonds is 12. The minimum Gasteiger partial charge on any atom is -0.748 e. The van der Waals surface area contributed by atoms with Crippen molar-refractivity contribution in [1.29, 1.82) is 0 Å². The largest absolute Gasteiger partial charge is 0.748 e. The smallest absolute Gasteiger partial charge is 0.374 e. The van der Waals surface area contributed by atoms with Crippen LogP contribution in [-0.4, -0.2) is 50.5 Å². The number of para-hydroxylation sites is 2. The number of anilines is 2. The van der Waals surface area contributed by atoms with Crippen LogP contribution in [0.2, 0.25) is 10.0 Å². The molecule has 0 saturated heterocycles. The van der Waals surface area contributed by atoms with Crippen LogP contribution in [0, 0.1) is 0 Å². The molecule has 4 rings (SSSR count). The topological polar surface area (TPSA) is 138 Å². The van der Waals surface area contributed by atoms with Crippen LogP contribution in [-0.2, 0) is 26.8 Å². The molecule has 0 saturated carbocycles. The minimum absolute atomic E-state index is 0.134. The van der Waals surface area contributed by atoms with E-state index in [1.54, 1.807) is 30.4 Å². The molecule has 0 bridgehead atoms. The van der Waals surface area contributed by atoms with Crippen LogP contribution < -0.4 is 14.4 Å². The van der Waals surface area contributed by atoms with Crippen molar-refractivity contribution in [3.63, 3.8) is 0 Å². The Kier molecular flexibility index (Phi) is 9.48. The molecule has 1 aliphatic rings. The fourth-order valence-electron chi connectivity index (χ4n) is 4.67. The van der Waals surface area contributed by atoms with Gasteiger partial charge in [0.25, 0.3) is 5.52 Å². The molecular weight excluding hydrogens is 601 g/mol. The molecule has 1 aliphatic heterocycles. The number of fused-ring (bicyclic) bond motifs is 2. The maximum Gasteiger partial charge on any atom is 0.374 e.